The molecule has 0 unspecified atom stereocenters. The molecule has 1 aliphatic rings. The maximum absolute atomic E-state index is 13.5. The Morgan fingerprint density at radius 1 is 1.16 bits per heavy atom. The van der Waals surface area contributed by atoms with Gasteiger partial charge >= 0.3 is 0 Å². The first kappa shape index (κ1) is 14.3. The summed E-state index contributed by atoms with van der Waals surface area (Å²) in [4.78, 5) is 2.01. The molecule has 106 valence electrons. The molecule has 1 aromatic rings. The molecule has 19 heavy (non-hydrogen) atoms. The van der Waals surface area contributed by atoms with Crippen molar-refractivity contribution >= 4 is 5.69 Å². The van der Waals surface area contributed by atoms with Gasteiger partial charge in [-0.2, -0.15) is 0 Å². The van der Waals surface area contributed by atoms with Crippen molar-refractivity contribution in [1.29, 1.82) is 0 Å². The van der Waals surface area contributed by atoms with Crippen LogP contribution in [-0.4, -0.2) is 26.2 Å². The van der Waals surface area contributed by atoms with E-state index in [0.717, 1.165) is 25.6 Å². The SMILES string of the molecule is CN(CCCCCCNC1CC1)c1ccccc1F. The van der Waals surface area contributed by atoms with Crippen LogP contribution < -0.4 is 10.2 Å². The van der Waals surface area contributed by atoms with Gasteiger partial charge in [-0.15, -0.1) is 0 Å². The van der Waals surface area contributed by atoms with Gasteiger partial charge in [-0.25, -0.2) is 4.39 Å². The van der Waals surface area contributed by atoms with Crippen molar-refractivity contribution in [2.75, 3.05) is 25.0 Å². The van der Waals surface area contributed by atoms with Crippen LogP contribution in [0.2, 0.25) is 0 Å². The number of unbranched alkanes of at least 4 members (excludes halogenated alkanes) is 3. The quantitative estimate of drug-likeness (QED) is 0.686. The minimum absolute atomic E-state index is 0.126. The summed E-state index contributed by atoms with van der Waals surface area (Å²) in [7, 11) is 1.97. The molecule has 2 rings (SSSR count). The molecule has 0 aromatic heterocycles. The summed E-state index contributed by atoms with van der Waals surface area (Å²) < 4.78 is 13.5. The molecule has 0 amide bonds. The summed E-state index contributed by atoms with van der Waals surface area (Å²) >= 11 is 0. The molecular weight excluding hydrogens is 239 g/mol. The second-order valence-corrected chi connectivity index (χ2v) is 5.52. The molecule has 1 fully saturated rings. The van der Waals surface area contributed by atoms with Crippen LogP contribution in [0.3, 0.4) is 0 Å². The van der Waals surface area contributed by atoms with E-state index in [1.807, 2.05) is 24.1 Å². The molecule has 0 saturated heterocycles. The van der Waals surface area contributed by atoms with Crippen LogP contribution in [-0.2, 0) is 0 Å². The fraction of sp³-hybridized carbons (Fsp3) is 0.625. The van der Waals surface area contributed by atoms with Crippen LogP contribution in [0.4, 0.5) is 10.1 Å². The number of hydrogen-bond donors (Lipinski definition) is 1. The molecule has 1 aliphatic carbocycles. The summed E-state index contributed by atoms with van der Waals surface area (Å²) in [5.41, 5.74) is 0.706. The Hall–Kier alpha value is -1.09. The van der Waals surface area contributed by atoms with Gasteiger partial charge in [0.15, 0.2) is 0 Å². The molecule has 0 spiro atoms. The molecular formula is C16H25FN2. The average molecular weight is 264 g/mol. The second-order valence-electron chi connectivity index (χ2n) is 5.52. The minimum atomic E-state index is -0.126. The first-order valence-corrected chi connectivity index (χ1v) is 7.46. The zero-order chi connectivity index (χ0) is 13.5. The lowest BCUT2D eigenvalue weighted by Crippen LogP contribution is -2.20. The Bertz CT molecular complexity index is 377. The number of anilines is 1. The second kappa shape index (κ2) is 7.49. The number of benzene rings is 1. The van der Waals surface area contributed by atoms with E-state index in [0.29, 0.717) is 5.69 Å². The molecule has 0 bridgehead atoms. The number of rotatable bonds is 9. The van der Waals surface area contributed by atoms with E-state index in [1.165, 1.54) is 38.2 Å². The molecule has 1 aromatic carbocycles. The number of halogens is 1. The molecule has 0 heterocycles. The Morgan fingerprint density at radius 2 is 1.89 bits per heavy atom. The van der Waals surface area contributed by atoms with Crippen molar-refractivity contribution in [3.05, 3.63) is 30.1 Å². The Labute approximate surface area is 116 Å². The molecule has 0 radical (unpaired) electrons. The van der Waals surface area contributed by atoms with Crippen LogP contribution in [0.5, 0.6) is 0 Å². The number of nitrogens with zero attached hydrogens (tertiary/aromatic N) is 1. The third-order valence-corrected chi connectivity index (χ3v) is 3.69. The summed E-state index contributed by atoms with van der Waals surface area (Å²) in [6.07, 6.45) is 7.63. The van der Waals surface area contributed by atoms with Gasteiger partial charge in [-0.05, 0) is 44.4 Å². The van der Waals surface area contributed by atoms with Crippen molar-refractivity contribution in [3.63, 3.8) is 0 Å². The lowest BCUT2D eigenvalue weighted by atomic mass is 10.2. The third-order valence-electron chi connectivity index (χ3n) is 3.69. The van der Waals surface area contributed by atoms with E-state index < -0.39 is 0 Å². The predicted octanol–water partition coefficient (Wildman–Crippen LogP) is 3.57. The Morgan fingerprint density at radius 3 is 2.63 bits per heavy atom. The fourth-order valence-electron chi connectivity index (χ4n) is 2.30. The van der Waals surface area contributed by atoms with Crippen molar-refractivity contribution in [2.24, 2.45) is 0 Å². The van der Waals surface area contributed by atoms with Crippen molar-refractivity contribution in [3.8, 4) is 0 Å². The van der Waals surface area contributed by atoms with Crippen LogP contribution in [0, 0.1) is 5.82 Å². The minimum Gasteiger partial charge on any atom is -0.372 e. The molecule has 0 atom stereocenters. The largest absolute Gasteiger partial charge is 0.372 e. The highest BCUT2D eigenvalue weighted by molar-refractivity contribution is 5.46. The first-order valence-electron chi connectivity index (χ1n) is 7.46. The van der Waals surface area contributed by atoms with E-state index in [-0.39, 0.29) is 5.82 Å². The van der Waals surface area contributed by atoms with Gasteiger partial charge in [0, 0.05) is 19.6 Å². The van der Waals surface area contributed by atoms with Gasteiger partial charge in [-0.3, -0.25) is 0 Å². The highest BCUT2D eigenvalue weighted by Crippen LogP contribution is 2.19. The van der Waals surface area contributed by atoms with Gasteiger partial charge in [-0.1, -0.05) is 25.0 Å². The molecule has 0 aliphatic heterocycles. The smallest absolute Gasteiger partial charge is 0.146 e. The van der Waals surface area contributed by atoms with E-state index >= 15 is 0 Å². The molecule has 2 nitrogen and oxygen atoms in total. The molecule has 3 heteroatoms. The number of nitrogens with one attached hydrogen (secondary N) is 1. The number of hydrogen-bond acceptors (Lipinski definition) is 2. The number of para-hydroxylation sites is 1. The predicted molar refractivity (Wildman–Crippen MR) is 79.2 cm³/mol. The highest BCUT2D eigenvalue weighted by atomic mass is 19.1. The normalized spacial score (nSPS) is 14.6. The van der Waals surface area contributed by atoms with Gasteiger partial charge in [0.1, 0.15) is 5.82 Å². The Balaban J connectivity index is 1.53. The monoisotopic (exact) mass is 264 g/mol. The summed E-state index contributed by atoms with van der Waals surface area (Å²) in [5, 5.41) is 3.53. The average Bonchev–Trinajstić information content (AvgIpc) is 3.22. The van der Waals surface area contributed by atoms with Gasteiger partial charge in [0.05, 0.1) is 5.69 Å². The zero-order valence-electron chi connectivity index (χ0n) is 11.9. The third kappa shape index (κ3) is 5.19. The van der Waals surface area contributed by atoms with Crippen molar-refractivity contribution < 1.29 is 4.39 Å². The van der Waals surface area contributed by atoms with E-state index in [2.05, 4.69) is 5.32 Å². The summed E-state index contributed by atoms with van der Waals surface area (Å²) in [6, 6.07) is 7.81. The van der Waals surface area contributed by atoms with Gasteiger partial charge in [0.25, 0.3) is 0 Å². The van der Waals surface area contributed by atoms with Crippen LogP contribution >= 0.6 is 0 Å². The van der Waals surface area contributed by atoms with E-state index in [4.69, 9.17) is 0 Å². The van der Waals surface area contributed by atoms with Gasteiger partial charge < -0.3 is 10.2 Å². The van der Waals surface area contributed by atoms with E-state index in [1.54, 1.807) is 6.07 Å². The lowest BCUT2D eigenvalue weighted by molar-refractivity contribution is 0.580. The summed E-state index contributed by atoms with van der Waals surface area (Å²) in [6.45, 7) is 2.09. The van der Waals surface area contributed by atoms with Gasteiger partial charge in [0.2, 0.25) is 0 Å². The van der Waals surface area contributed by atoms with Crippen LogP contribution in [0.1, 0.15) is 38.5 Å². The molecule has 1 saturated carbocycles. The molecule has 1 N–H and O–H groups in total. The standard InChI is InChI=1S/C16H25FN2/c1-19(16-9-5-4-8-15(16)17)13-7-3-2-6-12-18-14-10-11-14/h4-5,8-9,14,18H,2-3,6-7,10-13H2,1H3. The maximum Gasteiger partial charge on any atom is 0.146 e. The van der Waals surface area contributed by atoms with E-state index in [9.17, 15) is 4.39 Å². The van der Waals surface area contributed by atoms with Crippen molar-refractivity contribution in [1.82, 2.24) is 5.32 Å². The highest BCUT2D eigenvalue weighted by Gasteiger charge is 2.19. The maximum atomic E-state index is 13.5. The topological polar surface area (TPSA) is 15.3 Å². The first-order chi connectivity index (χ1) is 9.27. The summed E-state index contributed by atoms with van der Waals surface area (Å²) in [5.74, 6) is -0.126. The van der Waals surface area contributed by atoms with Crippen LogP contribution in [0.15, 0.2) is 24.3 Å². The Kier molecular flexibility index (Phi) is 5.64. The zero-order valence-corrected chi connectivity index (χ0v) is 11.9. The van der Waals surface area contributed by atoms with Crippen molar-refractivity contribution in [2.45, 2.75) is 44.6 Å². The lowest BCUT2D eigenvalue weighted by Gasteiger charge is -2.19. The van der Waals surface area contributed by atoms with Crippen LogP contribution in [0.25, 0.3) is 0 Å². The fourth-order valence-corrected chi connectivity index (χ4v) is 2.30.